The molecule has 0 aliphatic carbocycles. The van der Waals surface area contributed by atoms with Crippen LogP contribution < -0.4 is 24.0 Å². The summed E-state index contributed by atoms with van der Waals surface area (Å²) in [5, 5.41) is 3.04. The molecule has 0 radical (unpaired) electrons. The van der Waals surface area contributed by atoms with Gasteiger partial charge < -0.3 is 19.7 Å². The van der Waals surface area contributed by atoms with Gasteiger partial charge in [0.05, 0.1) is 18.0 Å². The van der Waals surface area contributed by atoms with Gasteiger partial charge in [-0.2, -0.15) is 0 Å². The third kappa shape index (κ3) is 6.63. The number of piperidine rings is 1. The molecule has 0 aromatic heterocycles. The van der Waals surface area contributed by atoms with Crippen molar-refractivity contribution < 1.29 is 22.7 Å². The first-order valence-electron chi connectivity index (χ1n) is 12.7. The highest BCUT2D eigenvalue weighted by Gasteiger charge is 2.21. The molecule has 196 valence electrons. The average Bonchev–Trinajstić information content (AvgIpc) is 2.85. The van der Waals surface area contributed by atoms with Crippen molar-refractivity contribution in [3.05, 3.63) is 48.0 Å². The number of rotatable bonds is 9. The zero-order valence-corrected chi connectivity index (χ0v) is 22.2. The Morgan fingerprint density at radius 3 is 2.56 bits per heavy atom. The lowest BCUT2D eigenvalue weighted by atomic mass is 9.99. The lowest BCUT2D eigenvalue weighted by Gasteiger charge is -2.33. The molecule has 9 heteroatoms. The van der Waals surface area contributed by atoms with E-state index in [1.54, 1.807) is 18.2 Å². The summed E-state index contributed by atoms with van der Waals surface area (Å²) in [5.41, 5.74) is 2.77. The van der Waals surface area contributed by atoms with E-state index >= 15 is 0 Å². The van der Waals surface area contributed by atoms with Crippen molar-refractivity contribution in [2.75, 3.05) is 48.3 Å². The second-order valence-electron chi connectivity index (χ2n) is 9.84. The molecule has 2 heterocycles. The Morgan fingerprint density at radius 1 is 1.14 bits per heavy atom. The van der Waals surface area contributed by atoms with Crippen LogP contribution in [0, 0.1) is 5.92 Å². The van der Waals surface area contributed by atoms with Gasteiger partial charge in [-0.15, -0.1) is 0 Å². The van der Waals surface area contributed by atoms with Gasteiger partial charge >= 0.3 is 0 Å². The molecule has 0 saturated carbocycles. The lowest BCUT2D eigenvalue weighted by molar-refractivity contribution is -0.121. The molecule has 2 aromatic carbocycles. The summed E-state index contributed by atoms with van der Waals surface area (Å²) in [5.74, 6) is 1.74. The molecule has 2 aliphatic heterocycles. The summed E-state index contributed by atoms with van der Waals surface area (Å²) in [7, 11) is -3.52. The second kappa shape index (κ2) is 11.4. The predicted octanol–water partition coefficient (Wildman–Crippen LogP) is 4.12. The van der Waals surface area contributed by atoms with Crippen LogP contribution in [0.5, 0.6) is 11.5 Å². The van der Waals surface area contributed by atoms with Gasteiger partial charge in [-0.3, -0.25) is 9.10 Å². The van der Waals surface area contributed by atoms with E-state index in [4.69, 9.17) is 9.47 Å². The number of anilines is 2. The molecule has 1 amide bonds. The van der Waals surface area contributed by atoms with Crippen molar-refractivity contribution in [2.45, 2.75) is 45.6 Å². The summed E-state index contributed by atoms with van der Waals surface area (Å²) < 4.78 is 37.3. The van der Waals surface area contributed by atoms with Gasteiger partial charge in [0.1, 0.15) is 13.2 Å². The molecule has 0 spiro atoms. The number of hydrogen-bond donors (Lipinski definition) is 1. The van der Waals surface area contributed by atoms with E-state index in [0.29, 0.717) is 42.7 Å². The molecular formula is C27H37N3O5S. The van der Waals surface area contributed by atoms with Crippen LogP contribution in [0.3, 0.4) is 0 Å². The second-order valence-corrected chi connectivity index (χ2v) is 11.7. The van der Waals surface area contributed by atoms with E-state index in [9.17, 15) is 13.2 Å². The Morgan fingerprint density at radius 2 is 1.86 bits per heavy atom. The van der Waals surface area contributed by atoms with Crippen LogP contribution in [0.25, 0.3) is 0 Å². The Hall–Kier alpha value is -2.94. The van der Waals surface area contributed by atoms with Crippen LogP contribution in [-0.2, 0) is 14.8 Å². The van der Waals surface area contributed by atoms with E-state index in [1.807, 2.05) is 6.92 Å². The van der Waals surface area contributed by atoms with E-state index < -0.39 is 10.0 Å². The fourth-order valence-corrected chi connectivity index (χ4v) is 5.81. The average molecular weight is 516 g/mol. The molecule has 36 heavy (non-hydrogen) atoms. The fraction of sp³-hybridized carbons (Fsp3) is 0.519. The minimum atomic E-state index is -3.52. The summed E-state index contributed by atoms with van der Waals surface area (Å²) >= 11 is 0. The number of hydrogen-bond acceptors (Lipinski definition) is 6. The fourth-order valence-electron chi connectivity index (χ4n) is 4.85. The summed E-state index contributed by atoms with van der Waals surface area (Å²) in [6.45, 7) is 7.53. The van der Waals surface area contributed by atoms with Gasteiger partial charge in [0.25, 0.3) is 0 Å². The lowest BCUT2D eigenvalue weighted by Crippen LogP contribution is -2.34. The number of nitrogens with zero attached hydrogens (tertiary/aromatic N) is 2. The molecule has 4 rings (SSSR count). The number of fused-ring (bicyclic) bond motifs is 1. The molecule has 2 atom stereocenters. The van der Waals surface area contributed by atoms with Crippen molar-refractivity contribution in [1.29, 1.82) is 0 Å². The Labute approximate surface area is 214 Å². The van der Waals surface area contributed by atoms with Crippen molar-refractivity contribution in [3.8, 4) is 11.5 Å². The largest absolute Gasteiger partial charge is 0.486 e. The SMILES string of the molecule is C[C@H]1CCCN(c2ccc([C@H](C)NC(=O)CCCN(c3ccc4c(c3)OCCO4)S(C)(=O)=O)cc2)C1. The number of benzene rings is 2. The number of sulfonamides is 1. The third-order valence-corrected chi connectivity index (χ3v) is 7.97. The smallest absolute Gasteiger partial charge is 0.232 e. The van der Waals surface area contributed by atoms with Gasteiger partial charge in [0.15, 0.2) is 11.5 Å². The van der Waals surface area contributed by atoms with Gasteiger partial charge in [0.2, 0.25) is 15.9 Å². The minimum Gasteiger partial charge on any atom is -0.486 e. The van der Waals surface area contributed by atoms with Crippen LogP contribution in [0.15, 0.2) is 42.5 Å². The molecule has 1 saturated heterocycles. The van der Waals surface area contributed by atoms with Crippen LogP contribution >= 0.6 is 0 Å². The Bertz CT molecular complexity index is 1150. The number of carbonyl (C=O) groups excluding carboxylic acids is 1. The molecule has 1 N–H and O–H groups in total. The van der Waals surface area contributed by atoms with Gasteiger partial charge in [0, 0.05) is 37.8 Å². The standard InChI is InChI=1S/C27H37N3O5S/c1-20-6-4-14-29(19-20)23-10-8-22(9-11-23)21(2)28-27(31)7-5-15-30(36(3,32)33)24-12-13-25-26(18-24)35-17-16-34-25/h8-13,18,20-21H,4-7,14-17,19H2,1-3H3,(H,28,31)/t20-,21-/m0/s1. The number of nitrogens with one attached hydrogen (secondary N) is 1. The van der Waals surface area contributed by atoms with Gasteiger partial charge in [-0.05, 0) is 61.9 Å². The number of amides is 1. The number of carbonyl (C=O) groups is 1. The summed E-state index contributed by atoms with van der Waals surface area (Å²) in [6.07, 6.45) is 4.30. The van der Waals surface area contributed by atoms with Crippen molar-refractivity contribution in [3.63, 3.8) is 0 Å². The van der Waals surface area contributed by atoms with E-state index in [-0.39, 0.29) is 24.9 Å². The molecule has 1 fully saturated rings. The molecule has 0 bridgehead atoms. The molecule has 2 aromatic rings. The Balaban J connectivity index is 1.30. The molecular weight excluding hydrogens is 478 g/mol. The topological polar surface area (TPSA) is 88.2 Å². The Kier molecular flexibility index (Phi) is 8.28. The van der Waals surface area contributed by atoms with Crippen molar-refractivity contribution in [1.82, 2.24) is 5.32 Å². The first-order valence-corrected chi connectivity index (χ1v) is 14.6. The zero-order chi connectivity index (χ0) is 25.7. The van der Waals surface area contributed by atoms with Crippen LogP contribution in [0.2, 0.25) is 0 Å². The van der Waals surface area contributed by atoms with Crippen molar-refractivity contribution in [2.24, 2.45) is 5.92 Å². The normalized spacial score (nSPS) is 18.4. The van der Waals surface area contributed by atoms with Gasteiger partial charge in [-0.1, -0.05) is 19.1 Å². The maximum Gasteiger partial charge on any atom is 0.232 e. The van der Waals surface area contributed by atoms with Crippen LogP contribution in [0.4, 0.5) is 11.4 Å². The first-order chi connectivity index (χ1) is 17.2. The highest BCUT2D eigenvalue weighted by molar-refractivity contribution is 7.92. The first kappa shape index (κ1) is 26.1. The molecule has 0 unspecified atom stereocenters. The minimum absolute atomic E-state index is 0.105. The quantitative estimate of drug-likeness (QED) is 0.541. The molecule has 8 nitrogen and oxygen atoms in total. The van der Waals surface area contributed by atoms with Gasteiger partial charge in [-0.25, -0.2) is 8.42 Å². The summed E-state index contributed by atoms with van der Waals surface area (Å²) in [6, 6.07) is 13.4. The predicted molar refractivity (Wildman–Crippen MR) is 142 cm³/mol. The monoisotopic (exact) mass is 515 g/mol. The summed E-state index contributed by atoms with van der Waals surface area (Å²) in [4.78, 5) is 15.0. The molecule has 2 aliphatic rings. The van der Waals surface area contributed by atoms with Crippen LogP contribution in [-0.4, -0.2) is 53.4 Å². The van der Waals surface area contributed by atoms with Crippen molar-refractivity contribution >= 4 is 27.3 Å². The maximum absolute atomic E-state index is 12.6. The van der Waals surface area contributed by atoms with E-state index in [2.05, 4.69) is 41.4 Å². The van der Waals surface area contributed by atoms with E-state index in [1.165, 1.54) is 29.1 Å². The maximum atomic E-state index is 12.6. The zero-order valence-electron chi connectivity index (χ0n) is 21.4. The van der Waals surface area contributed by atoms with E-state index in [0.717, 1.165) is 18.7 Å². The van der Waals surface area contributed by atoms with Crippen LogP contribution in [0.1, 0.15) is 51.1 Å². The highest BCUT2D eigenvalue weighted by atomic mass is 32.2. The third-order valence-electron chi connectivity index (χ3n) is 6.77. The highest BCUT2D eigenvalue weighted by Crippen LogP contribution is 2.34. The number of ether oxygens (including phenoxy) is 2.